The summed E-state index contributed by atoms with van der Waals surface area (Å²) in [5, 5.41) is 21.6. The molecular weight excluding hydrogens is 324 g/mol. The van der Waals surface area contributed by atoms with E-state index in [2.05, 4.69) is 26.2 Å². The lowest BCUT2D eigenvalue weighted by atomic mass is 9.99. The number of pyridine rings is 1. The van der Waals surface area contributed by atoms with Gasteiger partial charge >= 0.3 is 6.09 Å². The Morgan fingerprint density at radius 1 is 1.15 bits per heavy atom. The summed E-state index contributed by atoms with van der Waals surface area (Å²) in [6.45, 7) is 0. The number of carboxylic acid groups (broad SMARTS) is 1. The molecule has 2 atom stereocenters. The highest BCUT2D eigenvalue weighted by atomic mass is 79.9. The molecule has 0 saturated heterocycles. The van der Waals surface area contributed by atoms with E-state index in [0.29, 0.717) is 15.9 Å². The van der Waals surface area contributed by atoms with Crippen molar-refractivity contribution in [3.63, 3.8) is 0 Å². The maximum Gasteiger partial charge on any atom is 0.405 e. The van der Waals surface area contributed by atoms with Crippen molar-refractivity contribution in [2.24, 2.45) is 0 Å². The molecule has 0 unspecified atom stereocenters. The number of rotatable bonds is 4. The molecule has 0 radical (unpaired) electrons. The van der Waals surface area contributed by atoms with Crippen LogP contribution in [0.25, 0.3) is 0 Å². The SMILES string of the molecule is O=C(O)N[C@H](c1cccc(Br)n1)[C@@H](O)c1ccccc1. The lowest BCUT2D eigenvalue weighted by molar-refractivity contribution is 0.119. The van der Waals surface area contributed by atoms with Crippen molar-refractivity contribution in [3.05, 3.63) is 64.4 Å². The number of nitrogens with one attached hydrogen (secondary N) is 1. The van der Waals surface area contributed by atoms with Crippen molar-refractivity contribution in [1.82, 2.24) is 10.3 Å². The number of hydrogen-bond donors (Lipinski definition) is 3. The molecule has 1 aromatic carbocycles. The van der Waals surface area contributed by atoms with Gasteiger partial charge in [0.2, 0.25) is 0 Å². The lowest BCUT2D eigenvalue weighted by Gasteiger charge is -2.22. The second-order valence-corrected chi connectivity index (χ2v) is 4.98. The Bertz CT molecular complexity index is 592. The molecule has 0 bridgehead atoms. The third-order valence-corrected chi connectivity index (χ3v) is 3.23. The van der Waals surface area contributed by atoms with Gasteiger partial charge in [0.15, 0.2) is 0 Å². The molecule has 0 aliphatic carbocycles. The van der Waals surface area contributed by atoms with E-state index in [-0.39, 0.29) is 0 Å². The van der Waals surface area contributed by atoms with Crippen LogP contribution >= 0.6 is 15.9 Å². The minimum Gasteiger partial charge on any atom is -0.465 e. The molecule has 0 spiro atoms. The molecule has 3 N–H and O–H groups in total. The van der Waals surface area contributed by atoms with Gasteiger partial charge in [-0.25, -0.2) is 9.78 Å². The maximum atomic E-state index is 10.9. The van der Waals surface area contributed by atoms with E-state index in [1.54, 1.807) is 42.5 Å². The van der Waals surface area contributed by atoms with E-state index < -0.39 is 18.2 Å². The third-order valence-electron chi connectivity index (χ3n) is 2.79. The molecule has 0 saturated carbocycles. The van der Waals surface area contributed by atoms with Crippen LogP contribution in [-0.2, 0) is 0 Å². The minimum atomic E-state index is -1.22. The van der Waals surface area contributed by atoms with Gasteiger partial charge < -0.3 is 15.5 Å². The van der Waals surface area contributed by atoms with Crippen LogP contribution in [0.15, 0.2) is 53.1 Å². The summed E-state index contributed by atoms with van der Waals surface area (Å²) >= 11 is 3.23. The van der Waals surface area contributed by atoms with Crippen LogP contribution in [0.1, 0.15) is 23.4 Å². The topological polar surface area (TPSA) is 82.5 Å². The van der Waals surface area contributed by atoms with Crippen molar-refractivity contribution in [3.8, 4) is 0 Å². The number of aromatic nitrogens is 1. The average Bonchev–Trinajstić information content (AvgIpc) is 2.45. The summed E-state index contributed by atoms with van der Waals surface area (Å²) < 4.78 is 0.576. The van der Waals surface area contributed by atoms with Crippen LogP contribution in [0.2, 0.25) is 0 Å². The van der Waals surface area contributed by atoms with Crippen molar-refractivity contribution in [2.45, 2.75) is 12.1 Å². The molecule has 6 heteroatoms. The van der Waals surface area contributed by atoms with Gasteiger partial charge in [-0.15, -0.1) is 0 Å². The number of aliphatic hydroxyl groups excluding tert-OH is 1. The number of hydrogen-bond acceptors (Lipinski definition) is 3. The Hall–Kier alpha value is -1.92. The molecule has 104 valence electrons. The fourth-order valence-corrected chi connectivity index (χ4v) is 2.24. The molecule has 5 nitrogen and oxygen atoms in total. The summed E-state index contributed by atoms with van der Waals surface area (Å²) in [5.74, 6) is 0. The molecule has 2 rings (SSSR count). The average molecular weight is 337 g/mol. The van der Waals surface area contributed by atoms with E-state index >= 15 is 0 Å². The van der Waals surface area contributed by atoms with Gasteiger partial charge in [0.25, 0.3) is 0 Å². The van der Waals surface area contributed by atoms with Gasteiger partial charge in [0, 0.05) is 0 Å². The number of amides is 1. The van der Waals surface area contributed by atoms with Crippen LogP contribution in [-0.4, -0.2) is 21.3 Å². The smallest absolute Gasteiger partial charge is 0.405 e. The molecule has 20 heavy (non-hydrogen) atoms. The Morgan fingerprint density at radius 3 is 2.45 bits per heavy atom. The van der Waals surface area contributed by atoms with Crippen LogP contribution in [0, 0.1) is 0 Å². The van der Waals surface area contributed by atoms with Gasteiger partial charge in [-0.1, -0.05) is 36.4 Å². The van der Waals surface area contributed by atoms with Crippen LogP contribution < -0.4 is 5.32 Å². The normalized spacial score (nSPS) is 13.5. The zero-order chi connectivity index (χ0) is 14.5. The summed E-state index contributed by atoms with van der Waals surface area (Å²) in [6, 6.07) is 13.2. The molecule has 1 heterocycles. The predicted molar refractivity (Wildman–Crippen MR) is 77.2 cm³/mol. The maximum absolute atomic E-state index is 10.9. The minimum absolute atomic E-state index is 0.443. The monoisotopic (exact) mass is 336 g/mol. The van der Waals surface area contributed by atoms with Gasteiger partial charge in [-0.05, 0) is 33.6 Å². The number of aliphatic hydroxyl groups is 1. The first-order valence-electron chi connectivity index (χ1n) is 5.93. The second kappa shape index (κ2) is 6.49. The summed E-state index contributed by atoms with van der Waals surface area (Å²) in [5.41, 5.74) is 1.06. The largest absolute Gasteiger partial charge is 0.465 e. The van der Waals surface area contributed by atoms with Crippen LogP contribution in [0.5, 0.6) is 0 Å². The molecule has 1 amide bonds. The zero-order valence-corrected chi connectivity index (χ0v) is 12.0. The highest BCUT2D eigenvalue weighted by Gasteiger charge is 2.25. The summed E-state index contributed by atoms with van der Waals surface area (Å²) in [7, 11) is 0. The molecule has 0 aliphatic heterocycles. The summed E-state index contributed by atoms with van der Waals surface area (Å²) in [4.78, 5) is 15.1. The first kappa shape index (κ1) is 14.5. The van der Waals surface area contributed by atoms with E-state index in [4.69, 9.17) is 5.11 Å². The standard InChI is InChI=1S/C14H13BrN2O3/c15-11-8-4-7-10(16-11)12(17-14(19)20)13(18)9-5-2-1-3-6-9/h1-8,12-13,17-18H,(H,19,20)/t12-,13+/m1/s1. The van der Waals surface area contributed by atoms with Crippen molar-refractivity contribution in [2.75, 3.05) is 0 Å². The van der Waals surface area contributed by atoms with E-state index in [1.807, 2.05) is 6.07 Å². The second-order valence-electron chi connectivity index (χ2n) is 4.17. The molecule has 2 aromatic rings. The third kappa shape index (κ3) is 3.55. The highest BCUT2D eigenvalue weighted by Crippen LogP contribution is 2.28. The zero-order valence-electron chi connectivity index (χ0n) is 10.4. The van der Waals surface area contributed by atoms with Crippen molar-refractivity contribution >= 4 is 22.0 Å². The fraction of sp³-hybridized carbons (Fsp3) is 0.143. The Balaban J connectivity index is 2.35. The number of nitrogens with zero attached hydrogens (tertiary/aromatic N) is 1. The van der Waals surface area contributed by atoms with Crippen LogP contribution in [0.3, 0.4) is 0 Å². The molecule has 1 aromatic heterocycles. The van der Waals surface area contributed by atoms with E-state index in [0.717, 1.165) is 0 Å². The first-order chi connectivity index (χ1) is 9.58. The molecule has 0 aliphatic rings. The number of halogens is 1. The number of carbonyl (C=O) groups is 1. The first-order valence-corrected chi connectivity index (χ1v) is 6.72. The van der Waals surface area contributed by atoms with Gasteiger partial charge in [0.05, 0.1) is 5.69 Å². The van der Waals surface area contributed by atoms with Gasteiger partial charge in [0.1, 0.15) is 16.7 Å². The molecular formula is C14H13BrN2O3. The molecule has 0 fully saturated rings. The summed E-state index contributed by atoms with van der Waals surface area (Å²) in [6.07, 6.45) is -2.24. The fourth-order valence-electron chi connectivity index (χ4n) is 1.89. The number of benzene rings is 1. The van der Waals surface area contributed by atoms with E-state index in [1.165, 1.54) is 0 Å². The van der Waals surface area contributed by atoms with Gasteiger partial charge in [-0.3, -0.25) is 0 Å². The quantitative estimate of drug-likeness (QED) is 0.749. The predicted octanol–water partition coefficient (Wildman–Crippen LogP) is 2.89. The van der Waals surface area contributed by atoms with E-state index in [9.17, 15) is 9.90 Å². The Morgan fingerprint density at radius 2 is 1.85 bits per heavy atom. The highest BCUT2D eigenvalue weighted by molar-refractivity contribution is 9.10. The lowest BCUT2D eigenvalue weighted by Crippen LogP contribution is -2.32. The van der Waals surface area contributed by atoms with Crippen LogP contribution in [0.4, 0.5) is 4.79 Å². The van der Waals surface area contributed by atoms with Crippen molar-refractivity contribution in [1.29, 1.82) is 0 Å². The van der Waals surface area contributed by atoms with Gasteiger partial charge in [-0.2, -0.15) is 0 Å². The Labute approximate surface area is 124 Å². The van der Waals surface area contributed by atoms with Crippen molar-refractivity contribution < 1.29 is 15.0 Å². The Kier molecular flexibility index (Phi) is 4.70.